The molecule has 106 valence electrons. The molecule has 1 aliphatic heterocycles. The van der Waals surface area contributed by atoms with Crippen LogP contribution >= 0.6 is 0 Å². The van der Waals surface area contributed by atoms with E-state index in [-0.39, 0.29) is 0 Å². The van der Waals surface area contributed by atoms with Crippen molar-refractivity contribution < 1.29 is 14.6 Å². The normalized spacial score (nSPS) is 27.1. The van der Waals surface area contributed by atoms with Crippen LogP contribution in [0.15, 0.2) is 0 Å². The summed E-state index contributed by atoms with van der Waals surface area (Å²) in [7, 11) is 1.71. The smallest absolute Gasteiger partial charge is 0.310 e. The Labute approximate surface area is 110 Å². The van der Waals surface area contributed by atoms with Gasteiger partial charge in [0.1, 0.15) is 0 Å². The predicted octanol–water partition coefficient (Wildman–Crippen LogP) is 2.24. The van der Waals surface area contributed by atoms with Gasteiger partial charge in [-0.25, -0.2) is 0 Å². The fourth-order valence-electron chi connectivity index (χ4n) is 3.13. The van der Waals surface area contributed by atoms with E-state index in [9.17, 15) is 9.90 Å². The van der Waals surface area contributed by atoms with E-state index in [1.807, 2.05) is 0 Å². The Morgan fingerprint density at radius 1 is 1.56 bits per heavy atom. The molecule has 0 aliphatic carbocycles. The Morgan fingerprint density at radius 3 is 2.83 bits per heavy atom. The Kier molecular flexibility index (Phi) is 6.09. The number of aliphatic carboxylic acids is 1. The molecule has 1 aliphatic rings. The molecular formula is C14H27NO3. The number of ether oxygens (including phenoxy) is 1. The van der Waals surface area contributed by atoms with Gasteiger partial charge in [-0.2, -0.15) is 0 Å². The van der Waals surface area contributed by atoms with Gasteiger partial charge in [0.15, 0.2) is 0 Å². The van der Waals surface area contributed by atoms with Gasteiger partial charge in [-0.3, -0.25) is 4.79 Å². The average Bonchev–Trinajstić information content (AvgIpc) is 2.29. The van der Waals surface area contributed by atoms with Crippen molar-refractivity contribution in [1.82, 2.24) is 4.90 Å². The van der Waals surface area contributed by atoms with Gasteiger partial charge < -0.3 is 14.7 Å². The van der Waals surface area contributed by atoms with Crippen LogP contribution in [-0.2, 0) is 9.53 Å². The van der Waals surface area contributed by atoms with Crippen molar-refractivity contribution in [3.63, 3.8) is 0 Å². The molecule has 4 heteroatoms. The number of likely N-dealkylation sites (tertiary alicyclic amines) is 1. The largest absolute Gasteiger partial charge is 0.481 e. The molecule has 1 fully saturated rings. The summed E-state index contributed by atoms with van der Waals surface area (Å²) in [6.45, 7) is 7.62. The van der Waals surface area contributed by atoms with Crippen LogP contribution in [0.3, 0.4) is 0 Å². The summed E-state index contributed by atoms with van der Waals surface area (Å²) in [6, 6.07) is 0. The molecule has 18 heavy (non-hydrogen) atoms. The fourth-order valence-corrected chi connectivity index (χ4v) is 3.13. The zero-order valence-corrected chi connectivity index (χ0v) is 11.9. The van der Waals surface area contributed by atoms with Crippen molar-refractivity contribution in [3.8, 4) is 0 Å². The summed E-state index contributed by atoms with van der Waals surface area (Å²) in [5.74, 6) is -0.158. The first kappa shape index (κ1) is 15.4. The van der Waals surface area contributed by atoms with Gasteiger partial charge in [-0.05, 0) is 31.7 Å². The lowest BCUT2D eigenvalue weighted by molar-refractivity contribution is -0.153. The van der Waals surface area contributed by atoms with Gasteiger partial charge in [-0.15, -0.1) is 0 Å². The molecule has 4 nitrogen and oxygen atoms in total. The highest BCUT2D eigenvalue weighted by molar-refractivity contribution is 5.75. The molecule has 1 saturated heterocycles. The molecule has 1 heterocycles. The van der Waals surface area contributed by atoms with E-state index in [4.69, 9.17) is 4.74 Å². The first-order valence-corrected chi connectivity index (χ1v) is 6.98. The molecule has 1 rings (SSSR count). The Morgan fingerprint density at radius 2 is 2.28 bits per heavy atom. The molecule has 2 unspecified atom stereocenters. The van der Waals surface area contributed by atoms with Crippen molar-refractivity contribution in [3.05, 3.63) is 0 Å². The van der Waals surface area contributed by atoms with E-state index in [0.717, 1.165) is 45.4 Å². The van der Waals surface area contributed by atoms with Crippen molar-refractivity contribution in [2.45, 2.75) is 39.5 Å². The summed E-state index contributed by atoms with van der Waals surface area (Å²) in [6.07, 6.45) is 3.54. The third-order valence-electron chi connectivity index (χ3n) is 3.86. The topological polar surface area (TPSA) is 49.8 Å². The third kappa shape index (κ3) is 3.95. The van der Waals surface area contributed by atoms with E-state index in [1.54, 1.807) is 7.11 Å². The molecule has 0 aromatic carbocycles. The summed E-state index contributed by atoms with van der Waals surface area (Å²) in [5.41, 5.74) is -0.514. The van der Waals surface area contributed by atoms with Crippen LogP contribution in [0.4, 0.5) is 0 Å². The lowest BCUT2D eigenvalue weighted by Crippen LogP contribution is -2.49. The first-order valence-electron chi connectivity index (χ1n) is 6.98. The predicted molar refractivity (Wildman–Crippen MR) is 71.7 cm³/mol. The zero-order chi connectivity index (χ0) is 13.6. The molecule has 0 spiro atoms. The highest BCUT2D eigenvalue weighted by atomic mass is 16.5. The molecule has 0 aromatic heterocycles. The summed E-state index contributed by atoms with van der Waals surface area (Å²) in [4.78, 5) is 13.9. The quantitative estimate of drug-likeness (QED) is 0.760. The molecule has 0 aromatic rings. The molecule has 0 amide bonds. The number of hydrogen-bond acceptors (Lipinski definition) is 3. The minimum atomic E-state index is -0.617. The van der Waals surface area contributed by atoms with E-state index in [1.165, 1.54) is 0 Å². The second-order valence-electron chi connectivity index (χ2n) is 5.73. The number of hydrogen-bond donors (Lipinski definition) is 1. The fraction of sp³-hybridized carbons (Fsp3) is 0.929. The number of carboxylic acids is 1. The maximum absolute atomic E-state index is 11.6. The summed E-state index contributed by atoms with van der Waals surface area (Å²) >= 11 is 0. The van der Waals surface area contributed by atoms with E-state index in [2.05, 4.69) is 18.7 Å². The number of carbonyl (C=O) groups is 1. The van der Waals surface area contributed by atoms with Crippen LogP contribution in [0, 0.1) is 11.3 Å². The van der Waals surface area contributed by atoms with Gasteiger partial charge in [0.25, 0.3) is 0 Å². The number of carboxylic acid groups (broad SMARTS) is 1. The minimum absolute atomic E-state index is 0.459. The standard InChI is InChI=1S/C14H27NO3/c1-4-6-14(13(16)17)7-5-8-15(11-14)9-12(2)10-18-3/h12H,4-11H2,1-3H3,(H,16,17). The first-order chi connectivity index (χ1) is 8.54. The van der Waals surface area contributed by atoms with Crippen LogP contribution in [0.1, 0.15) is 39.5 Å². The molecule has 0 bridgehead atoms. The van der Waals surface area contributed by atoms with E-state index < -0.39 is 11.4 Å². The lowest BCUT2D eigenvalue weighted by Gasteiger charge is -2.40. The number of nitrogens with zero attached hydrogens (tertiary/aromatic N) is 1. The van der Waals surface area contributed by atoms with Gasteiger partial charge in [-0.1, -0.05) is 20.3 Å². The van der Waals surface area contributed by atoms with Gasteiger partial charge in [0.2, 0.25) is 0 Å². The van der Waals surface area contributed by atoms with Crippen LogP contribution in [0.25, 0.3) is 0 Å². The van der Waals surface area contributed by atoms with Crippen molar-refractivity contribution in [1.29, 1.82) is 0 Å². The Bertz CT molecular complexity index is 266. The van der Waals surface area contributed by atoms with Gasteiger partial charge in [0.05, 0.1) is 5.41 Å². The number of rotatable bonds is 7. The van der Waals surface area contributed by atoms with Crippen LogP contribution < -0.4 is 0 Å². The molecule has 0 radical (unpaired) electrons. The molecular weight excluding hydrogens is 230 g/mol. The second kappa shape index (κ2) is 7.10. The summed E-state index contributed by atoms with van der Waals surface area (Å²) in [5, 5.41) is 9.52. The zero-order valence-electron chi connectivity index (χ0n) is 11.9. The van der Waals surface area contributed by atoms with Crippen molar-refractivity contribution >= 4 is 5.97 Å². The average molecular weight is 257 g/mol. The van der Waals surface area contributed by atoms with Crippen LogP contribution in [-0.4, -0.2) is 49.3 Å². The molecule has 0 saturated carbocycles. The lowest BCUT2D eigenvalue weighted by atomic mass is 9.76. The monoisotopic (exact) mass is 257 g/mol. The second-order valence-corrected chi connectivity index (χ2v) is 5.73. The highest BCUT2D eigenvalue weighted by Crippen LogP contribution is 2.35. The molecule has 1 N–H and O–H groups in total. The maximum Gasteiger partial charge on any atom is 0.310 e. The highest BCUT2D eigenvalue weighted by Gasteiger charge is 2.41. The van der Waals surface area contributed by atoms with Crippen LogP contribution in [0.5, 0.6) is 0 Å². The number of methoxy groups -OCH3 is 1. The number of piperidine rings is 1. The van der Waals surface area contributed by atoms with Gasteiger partial charge >= 0.3 is 5.97 Å². The third-order valence-corrected chi connectivity index (χ3v) is 3.86. The van der Waals surface area contributed by atoms with Crippen LogP contribution in [0.2, 0.25) is 0 Å². The van der Waals surface area contributed by atoms with E-state index >= 15 is 0 Å². The Hall–Kier alpha value is -0.610. The summed E-state index contributed by atoms with van der Waals surface area (Å²) < 4.78 is 5.15. The minimum Gasteiger partial charge on any atom is -0.481 e. The van der Waals surface area contributed by atoms with Gasteiger partial charge in [0, 0.05) is 26.8 Å². The molecule has 2 atom stereocenters. The Balaban J connectivity index is 2.60. The van der Waals surface area contributed by atoms with Crippen molar-refractivity contribution in [2.75, 3.05) is 33.4 Å². The van der Waals surface area contributed by atoms with E-state index in [0.29, 0.717) is 12.5 Å². The van der Waals surface area contributed by atoms with Crippen molar-refractivity contribution in [2.24, 2.45) is 11.3 Å². The maximum atomic E-state index is 11.6. The SMILES string of the molecule is CCCC1(C(=O)O)CCCN(CC(C)COC)C1.